The fourth-order valence-electron chi connectivity index (χ4n) is 6.42. The molecule has 2 aromatic heterocycles. The van der Waals surface area contributed by atoms with Crippen molar-refractivity contribution < 1.29 is 9.59 Å². The van der Waals surface area contributed by atoms with Crippen molar-refractivity contribution in [3.05, 3.63) is 23.0 Å². The first-order valence-corrected chi connectivity index (χ1v) is 13.9. The maximum atomic E-state index is 13.3. The number of amides is 2. The van der Waals surface area contributed by atoms with Crippen molar-refractivity contribution in [2.75, 3.05) is 29.9 Å². The van der Waals surface area contributed by atoms with Gasteiger partial charge in [0.2, 0.25) is 17.8 Å². The van der Waals surface area contributed by atoms with Gasteiger partial charge in [0.15, 0.2) is 5.82 Å². The third-order valence-electron chi connectivity index (χ3n) is 8.41. The van der Waals surface area contributed by atoms with E-state index in [-0.39, 0.29) is 17.7 Å². The van der Waals surface area contributed by atoms with E-state index in [9.17, 15) is 9.59 Å². The summed E-state index contributed by atoms with van der Waals surface area (Å²) < 4.78 is 0. The Balaban J connectivity index is 1.50. The van der Waals surface area contributed by atoms with Crippen LogP contribution in [0.25, 0.3) is 0 Å². The normalized spacial score (nSPS) is 23.7. The molecule has 0 spiro atoms. The fourth-order valence-corrected chi connectivity index (χ4v) is 6.42. The number of fused-ring (bicyclic) bond motifs is 1. The molecule has 0 aromatic carbocycles. The van der Waals surface area contributed by atoms with Crippen LogP contribution in [0, 0.1) is 5.92 Å². The molecule has 2 atom stereocenters. The summed E-state index contributed by atoms with van der Waals surface area (Å²) in [5.41, 5.74) is 13.6. The second kappa shape index (κ2) is 9.83. The van der Waals surface area contributed by atoms with Crippen LogP contribution in [0.5, 0.6) is 0 Å². The molecule has 11 nitrogen and oxygen atoms in total. The van der Waals surface area contributed by atoms with Gasteiger partial charge >= 0.3 is 0 Å². The van der Waals surface area contributed by atoms with E-state index in [2.05, 4.69) is 29.4 Å². The number of aryl methyl sites for hydroxylation is 1. The quantitative estimate of drug-likeness (QED) is 0.430. The zero-order chi connectivity index (χ0) is 27.2. The molecule has 2 aromatic rings. The number of H-pyrrole nitrogens is 1. The smallest absolute Gasteiger partial charge is 0.243 e. The van der Waals surface area contributed by atoms with Gasteiger partial charge in [-0.3, -0.25) is 14.7 Å². The van der Waals surface area contributed by atoms with Gasteiger partial charge in [-0.25, -0.2) is 4.98 Å². The Kier molecular flexibility index (Phi) is 6.83. The van der Waals surface area contributed by atoms with Gasteiger partial charge in [0.05, 0.1) is 11.2 Å². The van der Waals surface area contributed by atoms with E-state index in [1.807, 2.05) is 11.0 Å². The standard InChI is InChI=1S/C27H41N9O2/c1-16(2)20-14-21(34-33-20)31-22-18-9-5-10-19(18)30-25(32-22)36-13-7-11-27(36,23(28)37)17-8-6-12-35(15-17)24(38)26(3,4)29/h14,16-17H,5-13,15,29H2,1-4H3,(H2,28,37)(H2,30,31,32,33,34)/t17-,27?/m0/s1. The van der Waals surface area contributed by atoms with Gasteiger partial charge in [-0.1, -0.05) is 13.8 Å². The molecular weight excluding hydrogens is 482 g/mol. The maximum Gasteiger partial charge on any atom is 0.243 e. The number of aromatic nitrogens is 4. The molecule has 2 amide bonds. The predicted molar refractivity (Wildman–Crippen MR) is 146 cm³/mol. The number of nitrogens with one attached hydrogen (secondary N) is 2. The summed E-state index contributed by atoms with van der Waals surface area (Å²) in [4.78, 5) is 40.1. The lowest BCUT2D eigenvalue weighted by atomic mass is 9.76. The third kappa shape index (κ3) is 4.61. The minimum Gasteiger partial charge on any atom is -0.368 e. The largest absolute Gasteiger partial charge is 0.368 e. The number of aromatic amines is 1. The van der Waals surface area contributed by atoms with Crippen LogP contribution in [0.2, 0.25) is 0 Å². The summed E-state index contributed by atoms with van der Waals surface area (Å²) in [7, 11) is 0. The number of primary amides is 1. The third-order valence-corrected chi connectivity index (χ3v) is 8.41. The molecule has 1 unspecified atom stereocenters. The summed E-state index contributed by atoms with van der Waals surface area (Å²) >= 11 is 0. The summed E-state index contributed by atoms with van der Waals surface area (Å²) in [6.45, 7) is 9.39. The number of hydrogen-bond donors (Lipinski definition) is 4. The number of carbonyl (C=O) groups is 2. The van der Waals surface area contributed by atoms with Gasteiger partial charge in [-0.2, -0.15) is 10.1 Å². The van der Waals surface area contributed by atoms with Gasteiger partial charge in [0.25, 0.3) is 0 Å². The minimum absolute atomic E-state index is 0.105. The van der Waals surface area contributed by atoms with E-state index in [1.165, 1.54) is 0 Å². The van der Waals surface area contributed by atoms with Crippen LogP contribution in [0.4, 0.5) is 17.6 Å². The van der Waals surface area contributed by atoms with Crippen molar-refractivity contribution in [3.8, 4) is 0 Å². The van der Waals surface area contributed by atoms with Gasteiger partial charge in [0, 0.05) is 42.9 Å². The van der Waals surface area contributed by atoms with E-state index in [0.717, 1.165) is 61.3 Å². The topological polar surface area (TPSA) is 159 Å². The molecule has 0 saturated carbocycles. The Morgan fingerprint density at radius 1 is 1.18 bits per heavy atom. The highest BCUT2D eigenvalue weighted by Crippen LogP contribution is 2.43. The van der Waals surface area contributed by atoms with Crippen LogP contribution in [-0.2, 0) is 22.4 Å². The SMILES string of the molecule is CC(C)c1cc(Nc2nc(N3CCCC3(C(N)=O)[C@H]3CCCN(C(=O)C(C)(C)N)C3)nc3c2CCC3)n[nH]1. The molecule has 2 aliphatic heterocycles. The molecule has 11 heteroatoms. The van der Waals surface area contributed by atoms with Crippen molar-refractivity contribution in [2.24, 2.45) is 17.4 Å². The van der Waals surface area contributed by atoms with E-state index in [1.54, 1.807) is 18.7 Å². The Hall–Kier alpha value is -3.21. The van der Waals surface area contributed by atoms with Gasteiger partial charge in [0.1, 0.15) is 11.4 Å². The van der Waals surface area contributed by atoms with Crippen LogP contribution >= 0.6 is 0 Å². The van der Waals surface area contributed by atoms with Crippen LogP contribution in [-0.4, -0.2) is 67.6 Å². The summed E-state index contributed by atoms with van der Waals surface area (Å²) in [5, 5.41) is 10.9. The molecule has 38 heavy (non-hydrogen) atoms. The van der Waals surface area contributed by atoms with E-state index in [0.29, 0.717) is 43.7 Å². The van der Waals surface area contributed by atoms with E-state index < -0.39 is 11.1 Å². The first kappa shape index (κ1) is 26.4. The molecular formula is C27H41N9O2. The number of rotatable bonds is 7. The van der Waals surface area contributed by atoms with E-state index >= 15 is 0 Å². The van der Waals surface area contributed by atoms with Gasteiger partial charge < -0.3 is 26.6 Å². The van der Waals surface area contributed by atoms with Crippen molar-refractivity contribution in [3.63, 3.8) is 0 Å². The van der Waals surface area contributed by atoms with Crippen LogP contribution < -0.4 is 21.7 Å². The molecule has 6 N–H and O–H groups in total. The average molecular weight is 524 g/mol. The fraction of sp³-hybridized carbons (Fsp3) is 0.667. The summed E-state index contributed by atoms with van der Waals surface area (Å²) in [6.07, 6.45) is 5.79. The zero-order valence-corrected chi connectivity index (χ0v) is 23.0. The molecule has 4 heterocycles. The number of nitrogens with zero attached hydrogens (tertiary/aromatic N) is 5. The van der Waals surface area contributed by atoms with E-state index in [4.69, 9.17) is 21.4 Å². The summed E-state index contributed by atoms with van der Waals surface area (Å²) in [6, 6.07) is 2.00. The molecule has 3 aliphatic rings. The number of piperidine rings is 1. The monoisotopic (exact) mass is 523 g/mol. The molecule has 0 radical (unpaired) electrons. The minimum atomic E-state index is -0.970. The highest BCUT2D eigenvalue weighted by atomic mass is 16.2. The first-order valence-electron chi connectivity index (χ1n) is 13.9. The van der Waals surface area contributed by atoms with Crippen molar-refractivity contribution >= 4 is 29.4 Å². The molecule has 5 rings (SSSR count). The lowest BCUT2D eigenvalue weighted by Crippen LogP contribution is -2.64. The van der Waals surface area contributed by atoms with Crippen molar-refractivity contribution in [1.82, 2.24) is 25.1 Å². The average Bonchev–Trinajstić information content (AvgIpc) is 3.62. The lowest BCUT2D eigenvalue weighted by molar-refractivity contribution is -0.139. The second-order valence-corrected chi connectivity index (χ2v) is 12.0. The van der Waals surface area contributed by atoms with Gasteiger partial charge in [-0.05, 0) is 64.7 Å². The number of anilines is 3. The lowest BCUT2D eigenvalue weighted by Gasteiger charge is -2.47. The van der Waals surface area contributed by atoms with Crippen molar-refractivity contribution in [2.45, 2.75) is 89.6 Å². The van der Waals surface area contributed by atoms with Crippen LogP contribution in [0.1, 0.15) is 82.7 Å². The maximum absolute atomic E-state index is 13.3. The number of carbonyl (C=O) groups excluding carboxylic acids is 2. The number of nitrogens with two attached hydrogens (primary N) is 2. The van der Waals surface area contributed by atoms with Crippen LogP contribution in [0.3, 0.4) is 0 Å². The van der Waals surface area contributed by atoms with Gasteiger partial charge in [-0.15, -0.1) is 0 Å². The molecule has 2 fully saturated rings. The molecule has 0 bridgehead atoms. The first-order chi connectivity index (χ1) is 18.0. The Labute approximate surface area is 224 Å². The molecule has 2 saturated heterocycles. The zero-order valence-electron chi connectivity index (χ0n) is 23.0. The Morgan fingerprint density at radius 3 is 2.66 bits per heavy atom. The highest BCUT2D eigenvalue weighted by molar-refractivity contribution is 5.90. The molecule has 206 valence electrons. The summed E-state index contributed by atoms with van der Waals surface area (Å²) in [5.74, 6) is 1.68. The highest BCUT2D eigenvalue weighted by Gasteiger charge is 2.54. The Morgan fingerprint density at radius 2 is 1.97 bits per heavy atom. The number of hydrogen-bond acceptors (Lipinski definition) is 8. The predicted octanol–water partition coefficient (Wildman–Crippen LogP) is 2.36. The van der Waals surface area contributed by atoms with Crippen molar-refractivity contribution in [1.29, 1.82) is 0 Å². The molecule has 1 aliphatic carbocycles. The van der Waals surface area contributed by atoms with Crippen LogP contribution in [0.15, 0.2) is 6.07 Å². The number of likely N-dealkylation sites (tertiary alicyclic amines) is 1. The Bertz CT molecular complexity index is 1220. The second-order valence-electron chi connectivity index (χ2n) is 12.0.